The number of benzene rings is 1. The summed E-state index contributed by atoms with van der Waals surface area (Å²) >= 11 is 3.43. The quantitative estimate of drug-likeness (QED) is 0.748. The third-order valence-corrected chi connectivity index (χ3v) is 4.44. The third-order valence-electron chi connectivity index (χ3n) is 3.80. The number of ketones is 2. The van der Waals surface area contributed by atoms with E-state index in [2.05, 4.69) is 15.9 Å². The first kappa shape index (κ1) is 13.3. The smallest absolute Gasteiger partial charge is 0.299 e. The molecule has 6 heteroatoms. The molecule has 1 fully saturated rings. The van der Waals surface area contributed by atoms with E-state index in [1.807, 2.05) is 18.2 Å². The van der Waals surface area contributed by atoms with Gasteiger partial charge in [-0.05, 0) is 34.5 Å². The lowest BCUT2D eigenvalue weighted by molar-refractivity contribution is -0.132. The number of carbonyl (C=O) groups is 2. The number of imidazole rings is 1. The summed E-state index contributed by atoms with van der Waals surface area (Å²) in [6.45, 7) is 0. The van der Waals surface area contributed by atoms with Crippen LogP contribution in [-0.4, -0.2) is 20.7 Å². The number of hydrogen-bond donors (Lipinski definition) is 0. The van der Waals surface area contributed by atoms with Gasteiger partial charge in [0.25, 0.3) is 0 Å². The highest BCUT2D eigenvalue weighted by Crippen LogP contribution is 2.29. The van der Waals surface area contributed by atoms with Crippen molar-refractivity contribution in [1.29, 1.82) is 0 Å². The molecule has 2 aromatic rings. The number of aromatic nitrogens is 2. The maximum Gasteiger partial charge on any atom is 0.329 e. The lowest BCUT2D eigenvalue weighted by Crippen LogP contribution is -2.34. The van der Waals surface area contributed by atoms with Crippen LogP contribution in [0.3, 0.4) is 0 Å². The predicted octanol–water partition coefficient (Wildman–Crippen LogP) is 1.97. The Bertz CT molecular complexity index is 788. The number of rotatable bonds is 1. The zero-order chi connectivity index (χ0) is 14.4. The standard InChI is InChI=1S/C14H13BrN2O3/c1-16-13-9(15)3-2-4-11(13)17(14(16)20)10-6-5-8(18)7-12(10)19/h2-4,10H,5-7H2,1H3. The Labute approximate surface area is 123 Å². The number of carbonyl (C=O) groups excluding carboxylic acids is 2. The number of Topliss-reactive ketones (excluding diaryl/α,β-unsaturated/α-hetero) is 2. The van der Waals surface area contributed by atoms with Gasteiger partial charge in [-0.25, -0.2) is 4.79 Å². The van der Waals surface area contributed by atoms with Crippen molar-refractivity contribution in [2.45, 2.75) is 25.3 Å². The minimum absolute atomic E-state index is 0.0410. The second kappa shape index (κ2) is 4.70. The lowest BCUT2D eigenvalue weighted by Gasteiger charge is -2.21. The van der Waals surface area contributed by atoms with Gasteiger partial charge in [-0.15, -0.1) is 0 Å². The van der Waals surface area contributed by atoms with E-state index < -0.39 is 6.04 Å². The zero-order valence-corrected chi connectivity index (χ0v) is 12.5. The molecule has 1 heterocycles. The summed E-state index contributed by atoms with van der Waals surface area (Å²) in [6, 6.07) is 4.99. The average Bonchev–Trinajstić information content (AvgIpc) is 2.64. The molecule has 0 bridgehead atoms. The molecule has 104 valence electrons. The van der Waals surface area contributed by atoms with Crippen LogP contribution in [0.4, 0.5) is 0 Å². The van der Waals surface area contributed by atoms with Crippen LogP contribution in [0, 0.1) is 0 Å². The molecule has 1 aromatic heterocycles. The van der Waals surface area contributed by atoms with Gasteiger partial charge in [0.05, 0.1) is 23.5 Å². The molecule has 0 N–H and O–H groups in total. The largest absolute Gasteiger partial charge is 0.329 e. The fourth-order valence-electron chi connectivity index (χ4n) is 2.82. The minimum Gasteiger partial charge on any atom is -0.299 e. The Morgan fingerprint density at radius 1 is 1.25 bits per heavy atom. The SMILES string of the molecule is Cn1c(=O)n(C2CCC(=O)CC2=O)c2cccc(Br)c21. The van der Waals surface area contributed by atoms with Crippen LogP contribution in [0.2, 0.25) is 0 Å². The van der Waals surface area contributed by atoms with Gasteiger partial charge in [0.15, 0.2) is 5.78 Å². The topological polar surface area (TPSA) is 61.1 Å². The summed E-state index contributed by atoms with van der Waals surface area (Å²) in [5.74, 6) is -0.212. The Morgan fingerprint density at radius 3 is 2.70 bits per heavy atom. The van der Waals surface area contributed by atoms with Gasteiger partial charge < -0.3 is 0 Å². The normalized spacial score (nSPS) is 19.8. The Hall–Kier alpha value is -1.69. The van der Waals surface area contributed by atoms with Gasteiger partial charge in [0.1, 0.15) is 5.78 Å². The van der Waals surface area contributed by atoms with Crippen LogP contribution in [0.5, 0.6) is 0 Å². The molecule has 1 atom stereocenters. The molecule has 1 aromatic carbocycles. The summed E-state index contributed by atoms with van der Waals surface area (Å²) in [4.78, 5) is 35.9. The predicted molar refractivity (Wildman–Crippen MR) is 77.8 cm³/mol. The van der Waals surface area contributed by atoms with E-state index in [1.54, 1.807) is 7.05 Å². The molecule has 0 radical (unpaired) electrons. The second-order valence-electron chi connectivity index (χ2n) is 5.06. The molecular weight excluding hydrogens is 324 g/mol. The Kier molecular flexibility index (Phi) is 3.12. The van der Waals surface area contributed by atoms with Crippen molar-refractivity contribution in [3.8, 4) is 0 Å². The van der Waals surface area contributed by atoms with Crippen LogP contribution in [0.1, 0.15) is 25.3 Å². The van der Waals surface area contributed by atoms with Crippen molar-refractivity contribution >= 4 is 38.5 Å². The molecule has 1 saturated carbocycles. The highest BCUT2D eigenvalue weighted by Gasteiger charge is 2.31. The molecule has 3 rings (SSSR count). The van der Waals surface area contributed by atoms with E-state index >= 15 is 0 Å². The van der Waals surface area contributed by atoms with Crippen LogP contribution in [0.15, 0.2) is 27.5 Å². The van der Waals surface area contributed by atoms with Crippen LogP contribution < -0.4 is 5.69 Å². The van der Waals surface area contributed by atoms with Crippen molar-refractivity contribution in [2.24, 2.45) is 7.05 Å². The molecular formula is C14H13BrN2O3. The van der Waals surface area contributed by atoms with Crippen LogP contribution >= 0.6 is 15.9 Å². The van der Waals surface area contributed by atoms with E-state index in [1.165, 1.54) is 9.13 Å². The van der Waals surface area contributed by atoms with Crippen molar-refractivity contribution in [2.75, 3.05) is 0 Å². The molecule has 1 aliphatic rings. The second-order valence-corrected chi connectivity index (χ2v) is 5.91. The van der Waals surface area contributed by atoms with Gasteiger partial charge in [-0.2, -0.15) is 0 Å². The lowest BCUT2D eigenvalue weighted by atomic mass is 9.93. The number of para-hydroxylation sites is 1. The fraction of sp³-hybridized carbons (Fsp3) is 0.357. The highest BCUT2D eigenvalue weighted by molar-refractivity contribution is 9.10. The van der Waals surface area contributed by atoms with Crippen molar-refractivity contribution in [3.63, 3.8) is 0 Å². The van der Waals surface area contributed by atoms with E-state index in [4.69, 9.17) is 0 Å². The number of fused-ring (bicyclic) bond motifs is 1. The number of nitrogens with zero attached hydrogens (tertiary/aromatic N) is 2. The molecule has 5 nitrogen and oxygen atoms in total. The Balaban J connectivity index is 2.25. The third kappa shape index (κ3) is 1.86. The number of hydrogen-bond acceptors (Lipinski definition) is 3. The minimum atomic E-state index is -0.529. The van der Waals surface area contributed by atoms with Crippen molar-refractivity contribution < 1.29 is 9.59 Å². The van der Waals surface area contributed by atoms with Crippen LogP contribution in [0.25, 0.3) is 11.0 Å². The summed E-state index contributed by atoms with van der Waals surface area (Å²) in [5.41, 5.74) is 1.27. The van der Waals surface area contributed by atoms with Gasteiger partial charge in [0, 0.05) is 17.9 Å². The fourth-order valence-corrected chi connectivity index (χ4v) is 3.45. The van der Waals surface area contributed by atoms with E-state index in [0.717, 1.165) is 15.5 Å². The highest BCUT2D eigenvalue weighted by atomic mass is 79.9. The van der Waals surface area contributed by atoms with Crippen molar-refractivity contribution in [3.05, 3.63) is 33.2 Å². The number of halogens is 1. The first-order chi connectivity index (χ1) is 9.50. The van der Waals surface area contributed by atoms with E-state index in [9.17, 15) is 14.4 Å². The summed E-state index contributed by atoms with van der Waals surface area (Å²) in [5, 5.41) is 0. The maximum absolute atomic E-state index is 12.4. The molecule has 0 spiro atoms. The van der Waals surface area contributed by atoms with E-state index in [0.29, 0.717) is 12.8 Å². The summed E-state index contributed by atoms with van der Waals surface area (Å²) in [6.07, 6.45) is 0.692. The van der Waals surface area contributed by atoms with Gasteiger partial charge in [-0.1, -0.05) is 6.07 Å². The zero-order valence-electron chi connectivity index (χ0n) is 10.9. The molecule has 0 saturated heterocycles. The molecule has 0 aliphatic heterocycles. The molecule has 0 amide bonds. The summed E-state index contributed by atoms with van der Waals surface area (Å²) in [7, 11) is 1.68. The monoisotopic (exact) mass is 336 g/mol. The first-order valence-corrected chi connectivity index (χ1v) is 7.20. The van der Waals surface area contributed by atoms with Gasteiger partial charge >= 0.3 is 5.69 Å². The Morgan fingerprint density at radius 2 is 2.00 bits per heavy atom. The average molecular weight is 337 g/mol. The van der Waals surface area contributed by atoms with Gasteiger partial charge in [0.2, 0.25) is 0 Å². The first-order valence-electron chi connectivity index (χ1n) is 6.40. The van der Waals surface area contributed by atoms with Gasteiger partial charge in [-0.3, -0.25) is 18.7 Å². The maximum atomic E-state index is 12.4. The summed E-state index contributed by atoms with van der Waals surface area (Å²) < 4.78 is 3.87. The number of aryl methyl sites for hydroxylation is 1. The molecule has 1 aliphatic carbocycles. The van der Waals surface area contributed by atoms with Crippen molar-refractivity contribution in [1.82, 2.24) is 9.13 Å². The van der Waals surface area contributed by atoms with E-state index in [-0.39, 0.29) is 23.7 Å². The molecule has 20 heavy (non-hydrogen) atoms. The molecule has 1 unspecified atom stereocenters. The van der Waals surface area contributed by atoms with Crippen LogP contribution in [-0.2, 0) is 16.6 Å².